The SMILES string of the molecule is Cc1nc2ccccc2n1-c1cccc(-c2ccc3oc4cc5c(cc4c3c2)oc2ccccc25)c1. The Morgan fingerprint density at radius 3 is 2.14 bits per heavy atom. The Bertz CT molecular complexity index is 2120. The molecule has 0 aliphatic rings. The fraction of sp³-hybridized carbons (Fsp3) is 0.0312. The third-order valence-electron chi connectivity index (χ3n) is 7.13. The van der Waals surface area contributed by atoms with Crippen LogP contribution in [0.25, 0.3) is 71.7 Å². The Hall–Kier alpha value is -4.83. The van der Waals surface area contributed by atoms with Gasteiger partial charge in [0.25, 0.3) is 0 Å². The summed E-state index contributed by atoms with van der Waals surface area (Å²) in [6.07, 6.45) is 0. The summed E-state index contributed by atoms with van der Waals surface area (Å²) in [5.74, 6) is 0.972. The number of aryl methyl sites for hydroxylation is 1. The van der Waals surface area contributed by atoms with Gasteiger partial charge in [-0.05, 0) is 72.6 Å². The molecule has 0 saturated carbocycles. The smallest absolute Gasteiger partial charge is 0.136 e. The van der Waals surface area contributed by atoms with Gasteiger partial charge in [-0.3, -0.25) is 4.57 Å². The topological polar surface area (TPSA) is 44.1 Å². The molecule has 0 N–H and O–H groups in total. The van der Waals surface area contributed by atoms with Crippen LogP contribution in [0.4, 0.5) is 0 Å². The molecule has 170 valence electrons. The van der Waals surface area contributed by atoms with E-state index in [4.69, 9.17) is 13.8 Å². The van der Waals surface area contributed by atoms with Crippen LogP contribution in [0.3, 0.4) is 0 Å². The van der Waals surface area contributed by atoms with E-state index in [0.717, 1.165) is 77.5 Å². The molecule has 36 heavy (non-hydrogen) atoms. The van der Waals surface area contributed by atoms with Crippen molar-refractivity contribution >= 4 is 54.9 Å². The quantitative estimate of drug-likeness (QED) is 0.257. The predicted molar refractivity (Wildman–Crippen MR) is 146 cm³/mol. The first-order chi connectivity index (χ1) is 17.7. The molecule has 4 heteroatoms. The molecule has 8 rings (SSSR count). The van der Waals surface area contributed by atoms with Gasteiger partial charge in [-0.15, -0.1) is 0 Å². The van der Waals surface area contributed by atoms with Gasteiger partial charge in [0.05, 0.1) is 11.0 Å². The Balaban J connectivity index is 1.31. The van der Waals surface area contributed by atoms with E-state index in [0.29, 0.717) is 0 Å². The molecule has 0 bridgehead atoms. The van der Waals surface area contributed by atoms with Gasteiger partial charge in [-0.1, -0.05) is 48.5 Å². The van der Waals surface area contributed by atoms with Crippen LogP contribution in [0.15, 0.2) is 112 Å². The van der Waals surface area contributed by atoms with Crippen LogP contribution < -0.4 is 0 Å². The monoisotopic (exact) mass is 464 g/mol. The van der Waals surface area contributed by atoms with Crippen LogP contribution in [0.1, 0.15) is 5.82 Å². The maximum atomic E-state index is 6.26. The van der Waals surface area contributed by atoms with E-state index in [1.165, 1.54) is 0 Å². The third kappa shape index (κ3) is 2.72. The Kier molecular flexibility index (Phi) is 3.84. The molecule has 5 aromatic carbocycles. The first-order valence-corrected chi connectivity index (χ1v) is 12.1. The van der Waals surface area contributed by atoms with Crippen LogP contribution >= 0.6 is 0 Å². The largest absolute Gasteiger partial charge is 0.456 e. The van der Waals surface area contributed by atoms with E-state index in [1.54, 1.807) is 0 Å². The molecule has 0 unspecified atom stereocenters. The number of hydrogen-bond donors (Lipinski definition) is 0. The Morgan fingerprint density at radius 1 is 0.556 bits per heavy atom. The van der Waals surface area contributed by atoms with Crippen molar-refractivity contribution < 1.29 is 8.83 Å². The summed E-state index contributed by atoms with van der Waals surface area (Å²) in [7, 11) is 0. The molecule has 3 heterocycles. The van der Waals surface area contributed by atoms with Gasteiger partial charge in [-0.25, -0.2) is 4.98 Å². The molecule has 4 nitrogen and oxygen atoms in total. The summed E-state index contributed by atoms with van der Waals surface area (Å²) in [5.41, 5.74) is 9.01. The van der Waals surface area contributed by atoms with Crippen LogP contribution in [0, 0.1) is 6.92 Å². The number of fused-ring (bicyclic) bond motifs is 7. The average Bonchev–Trinajstić information content (AvgIpc) is 3.56. The van der Waals surface area contributed by atoms with Gasteiger partial charge < -0.3 is 8.83 Å². The number of para-hydroxylation sites is 3. The number of rotatable bonds is 2. The van der Waals surface area contributed by atoms with Crippen molar-refractivity contribution in [2.24, 2.45) is 0 Å². The van der Waals surface area contributed by atoms with Crippen molar-refractivity contribution in [3.8, 4) is 16.8 Å². The summed E-state index contributed by atoms with van der Waals surface area (Å²) >= 11 is 0. The summed E-state index contributed by atoms with van der Waals surface area (Å²) in [5, 5.41) is 4.33. The van der Waals surface area contributed by atoms with Crippen LogP contribution in [-0.2, 0) is 0 Å². The zero-order valence-corrected chi connectivity index (χ0v) is 19.5. The Labute approximate surface area is 206 Å². The number of aromatic nitrogens is 2. The van der Waals surface area contributed by atoms with Crippen molar-refractivity contribution in [1.82, 2.24) is 9.55 Å². The minimum atomic E-state index is 0.871. The van der Waals surface area contributed by atoms with E-state index >= 15 is 0 Å². The van der Waals surface area contributed by atoms with Gasteiger partial charge in [0.2, 0.25) is 0 Å². The average molecular weight is 465 g/mol. The number of hydrogen-bond acceptors (Lipinski definition) is 3. The maximum absolute atomic E-state index is 6.26. The molecule has 0 aliphatic heterocycles. The summed E-state index contributed by atoms with van der Waals surface area (Å²) in [6, 6.07) is 35.6. The van der Waals surface area contributed by atoms with Gasteiger partial charge in [0.1, 0.15) is 28.2 Å². The second-order valence-electron chi connectivity index (χ2n) is 9.29. The third-order valence-corrected chi connectivity index (χ3v) is 7.13. The first kappa shape index (κ1) is 19.5. The van der Waals surface area contributed by atoms with E-state index in [1.807, 2.05) is 24.3 Å². The number of imidazole rings is 1. The number of benzene rings is 5. The molecule has 0 saturated heterocycles. The molecule has 0 amide bonds. The minimum Gasteiger partial charge on any atom is -0.456 e. The zero-order chi connectivity index (χ0) is 23.8. The van der Waals surface area contributed by atoms with Gasteiger partial charge in [0.15, 0.2) is 0 Å². The highest BCUT2D eigenvalue weighted by molar-refractivity contribution is 6.15. The molecular formula is C32H20N2O2. The van der Waals surface area contributed by atoms with Crippen molar-refractivity contribution in [3.63, 3.8) is 0 Å². The van der Waals surface area contributed by atoms with E-state index in [2.05, 4.69) is 90.4 Å². The van der Waals surface area contributed by atoms with E-state index in [-0.39, 0.29) is 0 Å². The molecule has 0 atom stereocenters. The molecule has 8 aromatic rings. The lowest BCUT2D eigenvalue weighted by Gasteiger charge is -2.10. The molecular weight excluding hydrogens is 444 g/mol. The van der Waals surface area contributed by atoms with Gasteiger partial charge >= 0.3 is 0 Å². The predicted octanol–water partition coefficient (Wildman–Crippen LogP) is 8.80. The number of nitrogens with zero attached hydrogens (tertiary/aromatic N) is 2. The summed E-state index contributed by atoms with van der Waals surface area (Å²) in [6.45, 7) is 2.05. The van der Waals surface area contributed by atoms with Gasteiger partial charge in [-0.2, -0.15) is 0 Å². The van der Waals surface area contributed by atoms with Gasteiger partial charge in [0, 0.05) is 27.2 Å². The molecule has 0 spiro atoms. The second-order valence-corrected chi connectivity index (χ2v) is 9.29. The highest BCUT2D eigenvalue weighted by Gasteiger charge is 2.15. The van der Waals surface area contributed by atoms with Crippen molar-refractivity contribution in [2.45, 2.75) is 6.92 Å². The van der Waals surface area contributed by atoms with Crippen molar-refractivity contribution in [1.29, 1.82) is 0 Å². The highest BCUT2D eigenvalue weighted by atomic mass is 16.3. The minimum absolute atomic E-state index is 0.871. The lowest BCUT2D eigenvalue weighted by Crippen LogP contribution is -1.97. The summed E-state index contributed by atoms with van der Waals surface area (Å²) in [4.78, 5) is 4.74. The van der Waals surface area contributed by atoms with Crippen LogP contribution in [-0.4, -0.2) is 9.55 Å². The molecule has 0 fully saturated rings. The molecule has 0 radical (unpaired) electrons. The first-order valence-electron chi connectivity index (χ1n) is 12.1. The standard InChI is InChI=1S/C32H20N2O2/c1-19-33-27-10-3-4-11-28(27)34(19)22-8-6-7-20(15-22)21-13-14-30-24(16-21)26-18-31-25(17-32(26)36-30)23-9-2-5-12-29(23)35-31/h2-18H,1H3. The lowest BCUT2D eigenvalue weighted by atomic mass is 10.0. The highest BCUT2D eigenvalue weighted by Crippen LogP contribution is 2.38. The molecule has 0 aliphatic carbocycles. The fourth-order valence-electron chi connectivity index (χ4n) is 5.47. The maximum Gasteiger partial charge on any atom is 0.136 e. The Morgan fingerprint density at radius 2 is 1.25 bits per heavy atom. The van der Waals surface area contributed by atoms with Crippen molar-refractivity contribution in [2.75, 3.05) is 0 Å². The van der Waals surface area contributed by atoms with E-state index in [9.17, 15) is 0 Å². The summed E-state index contributed by atoms with van der Waals surface area (Å²) < 4.78 is 14.6. The zero-order valence-electron chi connectivity index (χ0n) is 19.5. The lowest BCUT2D eigenvalue weighted by molar-refractivity contribution is 0.664. The van der Waals surface area contributed by atoms with E-state index < -0.39 is 0 Å². The number of furan rings is 2. The van der Waals surface area contributed by atoms with Crippen LogP contribution in [0.2, 0.25) is 0 Å². The fourth-order valence-corrected chi connectivity index (χ4v) is 5.47. The normalized spacial score (nSPS) is 12.0. The second kappa shape index (κ2) is 7.09. The van der Waals surface area contributed by atoms with Crippen LogP contribution in [0.5, 0.6) is 0 Å². The van der Waals surface area contributed by atoms with Crippen molar-refractivity contribution in [3.05, 3.63) is 109 Å². The molecule has 3 aromatic heterocycles.